The maximum absolute atomic E-state index is 13.7. The van der Waals surface area contributed by atoms with Gasteiger partial charge in [-0.15, -0.1) is 0 Å². The fourth-order valence-electron chi connectivity index (χ4n) is 1.99. The summed E-state index contributed by atoms with van der Waals surface area (Å²) in [6.07, 6.45) is 1.99. The molecule has 0 aliphatic carbocycles. The van der Waals surface area contributed by atoms with Crippen LogP contribution in [0.1, 0.15) is 5.56 Å². The summed E-state index contributed by atoms with van der Waals surface area (Å²) in [5, 5.41) is 0. The lowest BCUT2D eigenvalue weighted by atomic mass is 10.1. The van der Waals surface area contributed by atoms with Crippen molar-refractivity contribution in [2.45, 2.75) is 6.42 Å². The molecule has 0 amide bonds. The van der Waals surface area contributed by atoms with Gasteiger partial charge in [0.15, 0.2) is 10.6 Å². The first kappa shape index (κ1) is 10.4. The Morgan fingerprint density at radius 2 is 2.29 bits per heavy atom. The number of aromatic amines is 1. The van der Waals surface area contributed by atoms with Crippen molar-refractivity contribution in [2.24, 2.45) is 0 Å². The minimum Gasteiger partial charge on any atom is -0.492 e. The number of hydrogen-bond donors (Lipinski definition) is 1. The smallest absolute Gasteiger partial charge is 0.197 e. The summed E-state index contributed by atoms with van der Waals surface area (Å²) in [5.41, 5.74) is 2.13. The largest absolute Gasteiger partial charge is 0.492 e. The van der Waals surface area contributed by atoms with E-state index in [4.69, 9.17) is 17.0 Å². The molecule has 0 unspecified atom stereocenters. The Morgan fingerprint density at radius 3 is 3.18 bits per heavy atom. The maximum atomic E-state index is 13.7. The Balaban J connectivity index is 2.26. The summed E-state index contributed by atoms with van der Waals surface area (Å²) in [7, 11) is 0. The number of para-hydroxylation sites is 1. The molecule has 0 saturated heterocycles. The van der Waals surface area contributed by atoms with E-state index in [0.717, 1.165) is 23.9 Å². The molecule has 0 fully saturated rings. The van der Waals surface area contributed by atoms with E-state index >= 15 is 0 Å². The van der Waals surface area contributed by atoms with Crippen LogP contribution in [0.2, 0.25) is 0 Å². The third kappa shape index (κ3) is 1.72. The zero-order chi connectivity index (χ0) is 11.8. The van der Waals surface area contributed by atoms with Crippen LogP contribution in [0.5, 0.6) is 5.75 Å². The van der Waals surface area contributed by atoms with Crippen molar-refractivity contribution in [1.82, 2.24) is 9.97 Å². The fourth-order valence-corrected chi connectivity index (χ4v) is 2.14. The van der Waals surface area contributed by atoms with Crippen LogP contribution in [0.3, 0.4) is 0 Å². The lowest BCUT2D eigenvalue weighted by Crippen LogP contribution is -1.95. The first-order chi connectivity index (χ1) is 8.25. The average molecular weight is 248 g/mol. The average Bonchev–Trinajstić information content (AvgIpc) is 2.80. The van der Waals surface area contributed by atoms with Crippen LogP contribution >= 0.6 is 12.2 Å². The van der Waals surface area contributed by atoms with E-state index < -0.39 is 5.82 Å². The summed E-state index contributed by atoms with van der Waals surface area (Å²) >= 11 is 4.91. The molecule has 1 aliphatic heterocycles. The number of ether oxygens (including phenoxy) is 1. The molecular formula is C12H9FN2OS. The third-order valence-electron chi connectivity index (χ3n) is 2.75. The molecule has 3 nitrogen and oxygen atoms in total. The van der Waals surface area contributed by atoms with Gasteiger partial charge in [0, 0.05) is 12.0 Å². The lowest BCUT2D eigenvalue weighted by molar-refractivity contribution is 0.357. The molecule has 5 heteroatoms. The Morgan fingerprint density at radius 1 is 1.41 bits per heavy atom. The van der Waals surface area contributed by atoms with Crippen molar-refractivity contribution in [1.29, 1.82) is 0 Å². The second-order valence-corrected chi connectivity index (χ2v) is 4.19. The lowest BCUT2D eigenvalue weighted by Gasteiger charge is -2.08. The van der Waals surface area contributed by atoms with E-state index in [1.54, 1.807) is 0 Å². The van der Waals surface area contributed by atoms with Crippen LogP contribution in [-0.2, 0) is 6.42 Å². The molecule has 0 saturated carbocycles. The molecule has 0 spiro atoms. The number of nitrogens with zero attached hydrogens (tertiary/aromatic N) is 1. The monoisotopic (exact) mass is 248 g/mol. The number of halogens is 1. The quantitative estimate of drug-likeness (QED) is 0.788. The van der Waals surface area contributed by atoms with Gasteiger partial charge in [-0.3, -0.25) is 0 Å². The van der Waals surface area contributed by atoms with Crippen molar-refractivity contribution < 1.29 is 9.13 Å². The van der Waals surface area contributed by atoms with Gasteiger partial charge < -0.3 is 9.72 Å². The molecule has 1 N–H and O–H groups in total. The molecule has 17 heavy (non-hydrogen) atoms. The Labute approximate surface area is 102 Å². The number of H-pyrrole nitrogens is 1. The van der Waals surface area contributed by atoms with E-state index in [-0.39, 0.29) is 4.77 Å². The van der Waals surface area contributed by atoms with Crippen LogP contribution in [0, 0.1) is 10.6 Å². The van der Waals surface area contributed by atoms with Gasteiger partial charge in [-0.1, -0.05) is 12.1 Å². The van der Waals surface area contributed by atoms with Crippen LogP contribution in [-0.4, -0.2) is 16.6 Å². The molecule has 1 aromatic carbocycles. The number of aromatic nitrogens is 2. The zero-order valence-corrected chi connectivity index (χ0v) is 9.68. The fraction of sp³-hybridized carbons (Fsp3) is 0.167. The number of rotatable bonds is 1. The minimum atomic E-state index is -0.428. The standard InChI is InChI=1S/C12H9FN2OS/c13-9-6-14-12(17)15-10(9)8-3-1-2-7-4-5-16-11(7)8/h1-3,6H,4-5H2,(H,14,15,17). The maximum Gasteiger partial charge on any atom is 0.197 e. The van der Waals surface area contributed by atoms with Gasteiger partial charge in [-0.05, 0) is 23.8 Å². The first-order valence-electron chi connectivity index (χ1n) is 5.25. The van der Waals surface area contributed by atoms with Crippen molar-refractivity contribution >= 4 is 12.2 Å². The molecular weight excluding hydrogens is 239 g/mol. The van der Waals surface area contributed by atoms with Crippen molar-refractivity contribution in [2.75, 3.05) is 6.61 Å². The Hall–Kier alpha value is -1.75. The van der Waals surface area contributed by atoms with E-state index in [2.05, 4.69) is 9.97 Å². The molecule has 1 aliphatic rings. The number of hydrogen-bond acceptors (Lipinski definition) is 3. The minimum absolute atomic E-state index is 0.261. The predicted molar refractivity (Wildman–Crippen MR) is 64.0 cm³/mol. The highest BCUT2D eigenvalue weighted by Crippen LogP contribution is 2.36. The second-order valence-electron chi connectivity index (χ2n) is 3.80. The number of nitrogens with one attached hydrogen (secondary N) is 1. The van der Waals surface area contributed by atoms with Crippen molar-refractivity contribution in [3.8, 4) is 17.0 Å². The highest BCUT2D eigenvalue weighted by molar-refractivity contribution is 7.71. The summed E-state index contributed by atoms with van der Waals surface area (Å²) in [5.74, 6) is 0.311. The molecule has 0 radical (unpaired) electrons. The number of fused-ring (bicyclic) bond motifs is 1. The van der Waals surface area contributed by atoms with Crippen LogP contribution < -0.4 is 4.74 Å². The van der Waals surface area contributed by atoms with Gasteiger partial charge in [-0.25, -0.2) is 9.37 Å². The van der Waals surface area contributed by atoms with Crippen LogP contribution in [0.15, 0.2) is 24.4 Å². The van der Waals surface area contributed by atoms with E-state index in [1.807, 2.05) is 18.2 Å². The predicted octanol–water partition coefficient (Wildman–Crippen LogP) is 2.88. The van der Waals surface area contributed by atoms with Gasteiger partial charge in [-0.2, -0.15) is 0 Å². The molecule has 0 bridgehead atoms. The van der Waals surface area contributed by atoms with Gasteiger partial charge >= 0.3 is 0 Å². The van der Waals surface area contributed by atoms with Crippen molar-refractivity contribution in [3.05, 3.63) is 40.5 Å². The highest BCUT2D eigenvalue weighted by atomic mass is 32.1. The summed E-state index contributed by atoms with van der Waals surface area (Å²) < 4.78 is 19.5. The first-order valence-corrected chi connectivity index (χ1v) is 5.66. The zero-order valence-electron chi connectivity index (χ0n) is 8.87. The Kier molecular flexibility index (Phi) is 2.40. The Bertz CT molecular complexity index is 639. The van der Waals surface area contributed by atoms with Crippen LogP contribution in [0.25, 0.3) is 11.3 Å². The second kappa shape index (κ2) is 3.92. The molecule has 3 rings (SSSR count). The van der Waals surface area contributed by atoms with E-state index in [0.29, 0.717) is 17.9 Å². The summed E-state index contributed by atoms with van der Waals surface area (Å²) in [6, 6.07) is 5.69. The highest BCUT2D eigenvalue weighted by Gasteiger charge is 2.19. The topological polar surface area (TPSA) is 37.9 Å². The number of benzene rings is 1. The summed E-state index contributed by atoms with van der Waals surface area (Å²) in [6.45, 7) is 0.639. The van der Waals surface area contributed by atoms with E-state index in [9.17, 15) is 4.39 Å². The summed E-state index contributed by atoms with van der Waals surface area (Å²) in [4.78, 5) is 6.47. The normalized spacial score (nSPS) is 13.2. The molecule has 86 valence electrons. The van der Waals surface area contributed by atoms with Gasteiger partial charge in [0.2, 0.25) is 0 Å². The van der Waals surface area contributed by atoms with Gasteiger partial charge in [0.05, 0.1) is 18.5 Å². The molecule has 2 aromatic rings. The van der Waals surface area contributed by atoms with Crippen molar-refractivity contribution in [3.63, 3.8) is 0 Å². The third-order valence-corrected chi connectivity index (χ3v) is 2.96. The molecule has 0 atom stereocenters. The molecule has 2 heterocycles. The van der Waals surface area contributed by atoms with Gasteiger partial charge in [0.1, 0.15) is 5.75 Å². The molecule has 1 aromatic heterocycles. The van der Waals surface area contributed by atoms with Crippen LogP contribution in [0.4, 0.5) is 4.39 Å². The van der Waals surface area contributed by atoms with Gasteiger partial charge in [0.25, 0.3) is 0 Å². The van der Waals surface area contributed by atoms with E-state index in [1.165, 1.54) is 0 Å². The SMILES string of the molecule is Fc1cnc(=S)[nH]c1-c1cccc2c1OCC2.